The Morgan fingerprint density at radius 2 is 1.43 bits per heavy atom. The van der Waals surface area contributed by atoms with Crippen molar-refractivity contribution in [3.63, 3.8) is 0 Å². The molecule has 0 saturated heterocycles. The average Bonchev–Trinajstić information content (AvgIpc) is 2.68. The number of carbonyl (C=O) groups is 5. The monoisotopic (exact) mass is 432 g/mol. The van der Waals surface area contributed by atoms with Gasteiger partial charge in [-0.3, -0.25) is 24.0 Å². The van der Waals surface area contributed by atoms with E-state index in [0.717, 1.165) is 0 Å². The lowest BCUT2D eigenvalue weighted by Gasteiger charge is -2.24. The summed E-state index contributed by atoms with van der Waals surface area (Å²) < 4.78 is 0. The van der Waals surface area contributed by atoms with E-state index in [1.54, 1.807) is 0 Å². The second kappa shape index (κ2) is 14.3. The van der Waals surface area contributed by atoms with Crippen LogP contribution in [-0.4, -0.2) is 77.1 Å². The summed E-state index contributed by atoms with van der Waals surface area (Å²) >= 11 is 0. The third-order valence-corrected chi connectivity index (χ3v) is 4.15. The number of carboxylic acid groups (broad SMARTS) is 1. The lowest BCUT2D eigenvalue weighted by atomic mass is 10.1. The maximum absolute atomic E-state index is 12.7. The molecule has 13 nitrogen and oxygen atoms in total. The molecule has 172 valence electrons. The summed E-state index contributed by atoms with van der Waals surface area (Å²) in [5.74, 6) is -4.32. The fourth-order valence-corrected chi connectivity index (χ4v) is 2.33. The van der Waals surface area contributed by atoms with Crippen LogP contribution in [0.3, 0.4) is 0 Å². The van der Waals surface area contributed by atoms with Gasteiger partial charge in [-0.1, -0.05) is 0 Å². The minimum Gasteiger partial charge on any atom is -0.480 e. The fourth-order valence-electron chi connectivity index (χ4n) is 2.33. The minimum absolute atomic E-state index is 0.168. The highest BCUT2D eigenvalue weighted by molar-refractivity contribution is 5.94. The molecule has 0 fully saturated rings. The van der Waals surface area contributed by atoms with Gasteiger partial charge in [-0.2, -0.15) is 0 Å². The Morgan fingerprint density at radius 1 is 0.900 bits per heavy atom. The van der Waals surface area contributed by atoms with E-state index in [9.17, 15) is 24.0 Å². The molecule has 4 amide bonds. The van der Waals surface area contributed by atoms with Crippen molar-refractivity contribution >= 4 is 29.6 Å². The summed E-state index contributed by atoms with van der Waals surface area (Å²) in [6.07, 6.45) is 0.839. The number of unbranched alkanes of at least 4 members (excludes halogenated alkanes) is 1. The zero-order valence-corrected chi connectivity index (χ0v) is 16.9. The largest absolute Gasteiger partial charge is 0.480 e. The average molecular weight is 432 g/mol. The molecule has 0 aromatic heterocycles. The van der Waals surface area contributed by atoms with Crippen LogP contribution in [-0.2, 0) is 24.0 Å². The number of aliphatic carboxylic acids is 1. The van der Waals surface area contributed by atoms with Crippen LogP contribution in [0.25, 0.3) is 0 Å². The van der Waals surface area contributed by atoms with Gasteiger partial charge in [-0.25, -0.2) is 0 Å². The molecule has 0 aromatic rings. The van der Waals surface area contributed by atoms with Crippen molar-refractivity contribution < 1.29 is 34.2 Å². The van der Waals surface area contributed by atoms with Gasteiger partial charge in [0.15, 0.2) is 0 Å². The number of nitrogens with one attached hydrogen (secondary N) is 3. The molecule has 0 heterocycles. The summed E-state index contributed by atoms with van der Waals surface area (Å²) in [5, 5.41) is 24.9. The fraction of sp³-hybridized carbons (Fsp3) is 0.706. The third-order valence-electron chi connectivity index (χ3n) is 4.15. The van der Waals surface area contributed by atoms with Crippen molar-refractivity contribution in [2.45, 2.75) is 63.2 Å². The molecule has 4 unspecified atom stereocenters. The van der Waals surface area contributed by atoms with Crippen LogP contribution in [0, 0.1) is 0 Å². The zero-order chi connectivity index (χ0) is 23.3. The number of rotatable bonds is 15. The summed E-state index contributed by atoms with van der Waals surface area (Å²) in [7, 11) is 0. The lowest BCUT2D eigenvalue weighted by molar-refractivity contribution is -0.142. The van der Waals surface area contributed by atoms with Gasteiger partial charge in [0.2, 0.25) is 23.6 Å². The van der Waals surface area contributed by atoms with E-state index in [1.165, 1.54) is 6.92 Å². The van der Waals surface area contributed by atoms with Crippen molar-refractivity contribution in [2.75, 3.05) is 13.2 Å². The standard InChI is InChI=1S/C17H32N6O7/c1-9(17(29)30)21-15(27)12(5-6-13(20)25)23-16(28)11(4-2-3-7-18)22-14(26)10(19)8-24/h9-12,24H,2-8,18-19H2,1H3,(H2,20,25)(H,21,27)(H,22,26)(H,23,28)(H,29,30). The Hall–Kier alpha value is -2.77. The van der Waals surface area contributed by atoms with Gasteiger partial charge in [-0.05, 0) is 39.2 Å². The first kappa shape index (κ1) is 27.2. The first-order valence-corrected chi connectivity index (χ1v) is 9.52. The molecule has 4 atom stereocenters. The third kappa shape index (κ3) is 10.7. The van der Waals surface area contributed by atoms with Crippen LogP contribution in [0.4, 0.5) is 0 Å². The van der Waals surface area contributed by atoms with Gasteiger partial charge in [0, 0.05) is 6.42 Å². The number of aliphatic hydroxyl groups excluding tert-OH is 1. The summed E-state index contributed by atoms with van der Waals surface area (Å²) in [6.45, 7) is 0.980. The normalized spacial score (nSPS) is 14.7. The predicted octanol–water partition coefficient (Wildman–Crippen LogP) is -3.74. The van der Waals surface area contributed by atoms with Crippen LogP contribution < -0.4 is 33.2 Å². The molecule has 0 aliphatic carbocycles. The van der Waals surface area contributed by atoms with Crippen LogP contribution in [0.2, 0.25) is 0 Å². The lowest BCUT2D eigenvalue weighted by Crippen LogP contribution is -2.57. The van der Waals surface area contributed by atoms with Crippen molar-refractivity contribution in [3.05, 3.63) is 0 Å². The number of amides is 4. The highest BCUT2D eigenvalue weighted by Gasteiger charge is 2.29. The van der Waals surface area contributed by atoms with E-state index in [4.69, 9.17) is 27.4 Å². The summed E-state index contributed by atoms with van der Waals surface area (Å²) in [5.41, 5.74) is 16.0. The van der Waals surface area contributed by atoms with Crippen molar-refractivity contribution in [1.29, 1.82) is 0 Å². The highest BCUT2D eigenvalue weighted by atomic mass is 16.4. The SMILES string of the molecule is CC(NC(=O)C(CCC(N)=O)NC(=O)C(CCCCN)NC(=O)C(N)CO)C(=O)O. The van der Waals surface area contributed by atoms with Crippen LogP contribution in [0.15, 0.2) is 0 Å². The molecule has 0 spiro atoms. The quantitative estimate of drug-likeness (QED) is 0.118. The maximum atomic E-state index is 12.7. The van der Waals surface area contributed by atoms with Crippen molar-refractivity contribution in [1.82, 2.24) is 16.0 Å². The van der Waals surface area contributed by atoms with Crippen molar-refractivity contribution in [2.24, 2.45) is 17.2 Å². The predicted molar refractivity (Wildman–Crippen MR) is 105 cm³/mol. The van der Waals surface area contributed by atoms with Crippen LogP contribution in [0.5, 0.6) is 0 Å². The molecular formula is C17H32N6O7. The Kier molecular flexibility index (Phi) is 12.9. The molecular weight excluding hydrogens is 400 g/mol. The Bertz CT molecular complexity index is 615. The van der Waals surface area contributed by atoms with Gasteiger partial charge in [-0.15, -0.1) is 0 Å². The molecule has 0 radical (unpaired) electrons. The van der Waals surface area contributed by atoms with E-state index in [1.807, 2.05) is 0 Å². The van der Waals surface area contributed by atoms with Gasteiger partial charge in [0.1, 0.15) is 24.2 Å². The topological polar surface area (TPSA) is 240 Å². The van der Waals surface area contributed by atoms with Gasteiger partial charge in [0.05, 0.1) is 6.61 Å². The van der Waals surface area contributed by atoms with E-state index >= 15 is 0 Å². The Balaban J connectivity index is 5.33. The van der Waals surface area contributed by atoms with E-state index in [-0.39, 0.29) is 19.3 Å². The van der Waals surface area contributed by atoms with E-state index in [2.05, 4.69) is 16.0 Å². The maximum Gasteiger partial charge on any atom is 0.325 e. The number of carbonyl (C=O) groups excluding carboxylic acids is 4. The number of hydrogen-bond donors (Lipinski definition) is 8. The molecule has 13 heteroatoms. The highest BCUT2D eigenvalue weighted by Crippen LogP contribution is 2.05. The zero-order valence-electron chi connectivity index (χ0n) is 16.9. The Morgan fingerprint density at radius 3 is 1.93 bits per heavy atom. The van der Waals surface area contributed by atoms with Gasteiger partial charge >= 0.3 is 5.97 Å². The van der Waals surface area contributed by atoms with Gasteiger partial charge in [0.25, 0.3) is 0 Å². The Labute approximate surface area is 174 Å². The molecule has 11 N–H and O–H groups in total. The number of carboxylic acids is 1. The molecule has 0 bridgehead atoms. The number of aliphatic hydroxyl groups is 1. The molecule has 0 saturated carbocycles. The summed E-state index contributed by atoms with van der Waals surface area (Å²) in [4.78, 5) is 59.1. The van der Waals surface area contributed by atoms with E-state index in [0.29, 0.717) is 19.4 Å². The van der Waals surface area contributed by atoms with Crippen molar-refractivity contribution in [3.8, 4) is 0 Å². The second-order valence-corrected chi connectivity index (χ2v) is 6.77. The van der Waals surface area contributed by atoms with E-state index < -0.39 is 60.4 Å². The first-order chi connectivity index (χ1) is 14.0. The number of hydrogen-bond acceptors (Lipinski definition) is 8. The second-order valence-electron chi connectivity index (χ2n) is 6.77. The summed E-state index contributed by atoms with van der Waals surface area (Å²) in [6, 6.07) is -4.80. The number of primary amides is 1. The molecule has 0 rings (SSSR count). The molecule has 30 heavy (non-hydrogen) atoms. The molecule has 0 aliphatic rings. The van der Waals surface area contributed by atoms with Crippen LogP contribution in [0.1, 0.15) is 39.0 Å². The smallest absolute Gasteiger partial charge is 0.325 e. The molecule has 0 aliphatic heterocycles. The molecule has 0 aromatic carbocycles. The number of nitrogens with two attached hydrogens (primary N) is 3. The van der Waals surface area contributed by atoms with Gasteiger partial charge < -0.3 is 43.4 Å². The first-order valence-electron chi connectivity index (χ1n) is 9.52. The van der Waals surface area contributed by atoms with Crippen LogP contribution >= 0.6 is 0 Å². The minimum atomic E-state index is -1.28.